The van der Waals surface area contributed by atoms with Crippen molar-refractivity contribution >= 4 is 29.0 Å². The van der Waals surface area contributed by atoms with Crippen molar-refractivity contribution in [3.8, 4) is 0 Å². The summed E-state index contributed by atoms with van der Waals surface area (Å²) in [5.74, 6) is -0.276. The summed E-state index contributed by atoms with van der Waals surface area (Å²) in [6.45, 7) is 1.85. The lowest BCUT2D eigenvalue weighted by molar-refractivity contribution is -0.385. The van der Waals surface area contributed by atoms with E-state index in [0.29, 0.717) is 5.82 Å². The standard InChI is InChI=1S/C12H9ClN4O3/c1-7-2-3-14-10(4-7)16-12(18)9-5-8(17(19)20)6-15-11(9)13/h2-6H,1H3,(H,14,16,18). The van der Waals surface area contributed by atoms with Gasteiger partial charge in [-0.3, -0.25) is 14.9 Å². The zero-order valence-corrected chi connectivity index (χ0v) is 11.1. The highest BCUT2D eigenvalue weighted by atomic mass is 35.5. The molecule has 0 unspecified atom stereocenters. The lowest BCUT2D eigenvalue weighted by atomic mass is 10.2. The maximum atomic E-state index is 12.0. The monoisotopic (exact) mass is 292 g/mol. The molecule has 0 saturated carbocycles. The van der Waals surface area contributed by atoms with Crippen LogP contribution in [0.1, 0.15) is 15.9 Å². The summed E-state index contributed by atoms with van der Waals surface area (Å²) in [4.78, 5) is 29.6. The van der Waals surface area contributed by atoms with Gasteiger partial charge in [0.1, 0.15) is 17.2 Å². The van der Waals surface area contributed by atoms with E-state index in [2.05, 4.69) is 15.3 Å². The molecule has 0 saturated heterocycles. The number of anilines is 1. The molecule has 0 aliphatic heterocycles. The summed E-state index contributed by atoms with van der Waals surface area (Å²) < 4.78 is 0. The zero-order chi connectivity index (χ0) is 14.7. The first kappa shape index (κ1) is 13.9. The van der Waals surface area contributed by atoms with Gasteiger partial charge >= 0.3 is 0 Å². The first-order chi connectivity index (χ1) is 9.47. The van der Waals surface area contributed by atoms with E-state index in [0.717, 1.165) is 17.8 Å². The number of halogens is 1. The van der Waals surface area contributed by atoms with Gasteiger partial charge in [-0.1, -0.05) is 11.6 Å². The summed E-state index contributed by atoms with van der Waals surface area (Å²) >= 11 is 5.78. The fraction of sp³-hybridized carbons (Fsp3) is 0.0833. The predicted molar refractivity (Wildman–Crippen MR) is 72.8 cm³/mol. The minimum Gasteiger partial charge on any atom is -0.306 e. The molecule has 0 fully saturated rings. The smallest absolute Gasteiger partial charge is 0.288 e. The summed E-state index contributed by atoms with van der Waals surface area (Å²) in [7, 11) is 0. The molecule has 0 radical (unpaired) electrons. The van der Waals surface area contributed by atoms with Crippen LogP contribution in [-0.4, -0.2) is 20.8 Å². The topological polar surface area (TPSA) is 98.0 Å². The molecule has 0 aliphatic carbocycles. The molecule has 1 N–H and O–H groups in total. The first-order valence-corrected chi connectivity index (χ1v) is 5.89. The number of aryl methyl sites for hydroxylation is 1. The average molecular weight is 293 g/mol. The second-order valence-electron chi connectivity index (χ2n) is 3.96. The van der Waals surface area contributed by atoms with E-state index in [9.17, 15) is 14.9 Å². The number of nitrogens with zero attached hydrogens (tertiary/aromatic N) is 3. The minimum absolute atomic E-state index is 0.0795. The Labute approximate surface area is 118 Å². The third-order valence-electron chi connectivity index (χ3n) is 2.44. The second kappa shape index (κ2) is 5.62. The van der Waals surface area contributed by atoms with E-state index in [-0.39, 0.29) is 16.4 Å². The van der Waals surface area contributed by atoms with Gasteiger partial charge in [0, 0.05) is 12.3 Å². The van der Waals surface area contributed by atoms with Crippen LogP contribution in [0.25, 0.3) is 0 Å². The van der Waals surface area contributed by atoms with Crippen LogP contribution in [0.15, 0.2) is 30.6 Å². The largest absolute Gasteiger partial charge is 0.306 e. The summed E-state index contributed by atoms with van der Waals surface area (Å²) in [6.07, 6.45) is 2.53. The Morgan fingerprint density at radius 2 is 2.15 bits per heavy atom. The van der Waals surface area contributed by atoms with Crippen molar-refractivity contribution in [3.63, 3.8) is 0 Å². The second-order valence-corrected chi connectivity index (χ2v) is 4.32. The van der Waals surface area contributed by atoms with Crippen molar-refractivity contribution in [2.45, 2.75) is 6.92 Å². The Bertz CT molecular complexity index is 690. The van der Waals surface area contributed by atoms with Crippen LogP contribution < -0.4 is 5.32 Å². The van der Waals surface area contributed by atoms with E-state index in [1.54, 1.807) is 12.1 Å². The first-order valence-electron chi connectivity index (χ1n) is 5.51. The third kappa shape index (κ3) is 3.07. The lowest BCUT2D eigenvalue weighted by Crippen LogP contribution is -2.14. The molecular formula is C12H9ClN4O3. The number of nitrogens with one attached hydrogen (secondary N) is 1. The van der Waals surface area contributed by atoms with Crippen molar-refractivity contribution in [1.82, 2.24) is 9.97 Å². The molecule has 0 bridgehead atoms. The highest BCUT2D eigenvalue weighted by Crippen LogP contribution is 2.20. The van der Waals surface area contributed by atoms with Crippen molar-refractivity contribution in [2.24, 2.45) is 0 Å². The van der Waals surface area contributed by atoms with Gasteiger partial charge in [-0.15, -0.1) is 0 Å². The van der Waals surface area contributed by atoms with Gasteiger partial charge in [-0.05, 0) is 24.6 Å². The van der Waals surface area contributed by atoms with Gasteiger partial charge in [0.15, 0.2) is 0 Å². The van der Waals surface area contributed by atoms with Crippen LogP contribution in [0.2, 0.25) is 5.15 Å². The number of pyridine rings is 2. The van der Waals surface area contributed by atoms with E-state index in [1.165, 1.54) is 6.20 Å². The van der Waals surface area contributed by atoms with Gasteiger partial charge < -0.3 is 5.32 Å². The van der Waals surface area contributed by atoms with E-state index in [4.69, 9.17) is 11.6 Å². The van der Waals surface area contributed by atoms with Crippen LogP contribution in [0, 0.1) is 17.0 Å². The van der Waals surface area contributed by atoms with Crippen molar-refractivity contribution < 1.29 is 9.72 Å². The summed E-state index contributed by atoms with van der Waals surface area (Å²) in [5.41, 5.74) is 0.527. The Morgan fingerprint density at radius 1 is 1.40 bits per heavy atom. The molecule has 7 nitrogen and oxygen atoms in total. The van der Waals surface area contributed by atoms with Crippen LogP contribution in [-0.2, 0) is 0 Å². The van der Waals surface area contributed by atoms with E-state index >= 15 is 0 Å². The molecule has 0 atom stereocenters. The molecule has 102 valence electrons. The van der Waals surface area contributed by atoms with Crippen molar-refractivity contribution in [1.29, 1.82) is 0 Å². The molecule has 2 rings (SSSR count). The average Bonchev–Trinajstić information content (AvgIpc) is 2.38. The lowest BCUT2D eigenvalue weighted by Gasteiger charge is -2.06. The highest BCUT2D eigenvalue weighted by molar-refractivity contribution is 6.33. The fourth-order valence-corrected chi connectivity index (χ4v) is 1.67. The maximum absolute atomic E-state index is 12.0. The van der Waals surface area contributed by atoms with Crippen molar-refractivity contribution in [2.75, 3.05) is 5.32 Å². The molecular weight excluding hydrogens is 284 g/mol. The van der Waals surface area contributed by atoms with Crippen LogP contribution in [0.5, 0.6) is 0 Å². The zero-order valence-electron chi connectivity index (χ0n) is 10.3. The molecule has 2 heterocycles. The molecule has 0 aliphatic rings. The molecule has 0 aromatic carbocycles. The number of carbonyl (C=O) groups excluding carboxylic acids is 1. The predicted octanol–water partition coefficient (Wildman–Crippen LogP) is 2.60. The Hall–Kier alpha value is -2.54. The maximum Gasteiger partial charge on any atom is 0.288 e. The van der Waals surface area contributed by atoms with Gasteiger partial charge in [0.2, 0.25) is 0 Å². The highest BCUT2D eigenvalue weighted by Gasteiger charge is 2.17. The third-order valence-corrected chi connectivity index (χ3v) is 2.74. The number of hydrogen-bond acceptors (Lipinski definition) is 5. The number of carbonyl (C=O) groups is 1. The van der Waals surface area contributed by atoms with E-state index in [1.807, 2.05) is 6.92 Å². The van der Waals surface area contributed by atoms with Crippen LogP contribution >= 0.6 is 11.6 Å². The van der Waals surface area contributed by atoms with Crippen LogP contribution in [0.3, 0.4) is 0 Å². The summed E-state index contributed by atoms with van der Waals surface area (Å²) in [6, 6.07) is 4.51. The molecule has 1 amide bonds. The Morgan fingerprint density at radius 3 is 2.80 bits per heavy atom. The van der Waals surface area contributed by atoms with Gasteiger partial charge in [-0.2, -0.15) is 0 Å². The van der Waals surface area contributed by atoms with Gasteiger partial charge in [-0.25, -0.2) is 9.97 Å². The van der Waals surface area contributed by atoms with Crippen molar-refractivity contribution in [3.05, 3.63) is 57.0 Å². The van der Waals surface area contributed by atoms with E-state index < -0.39 is 10.8 Å². The van der Waals surface area contributed by atoms with Gasteiger partial charge in [0.05, 0.1) is 10.5 Å². The number of aromatic nitrogens is 2. The number of amides is 1. The molecule has 0 spiro atoms. The molecule has 8 heteroatoms. The number of rotatable bonds is 3. The fourth-order valence-electron chi connectivity index (χ4n) is 1.48. The SMILES string of the molecule is Cc1ccnc(NC(=O)c2cc([N+](=O)[O-])cnc2Cl)c1. The Kier molecular flexibility index (Phi) is 3.90. The number of nitro groups is 1. The molecule has 20 heavy (non-hydrogen) atoms. The van der Waals surface area contributed by atoms with Crippen LogP contribution in [0.4, 0.5) is 11.5 Å². The molecule has 2 aromatic rings. The quantitative estimate of drug-likeness (QED) is 0.532. The normalized spacial score (nSPS) is 10.1. The minimum atomic E-state index is -0.648. The molecule has 2 aromatic heterocycles. The summed E-state index contributed by atoms with van der Waals surface area (Å²) in [5, 5.41) is 13.1. The Balaban J connectivity index is 2.29. The van der Waals surface area contributed by atoms with Gasteiger partial charge in [0.25, 0.3) is 11.6 Å². The number of hydrogen-bond donors (Lipinski definition) is 1.